The minimum atomic E-state index is -0.287. The highest BCUT2D eigenvalue weighted by molar-refractivity contribution is 5.13. The van der Waals surface area contributed by atoms with Gasteiger partial charge in [0, 0.05) is 0 Å². The maximum absolute atomic E-state index is 9.65. The predicted octanol–water partition coefficient (Wildman–Crippen LogP) is 2.52. The fourth-order valence-electron chi connectivity index (χ4n) is 2.02. The second kappa shape index (κ2) is 4.45. The normalized spacial score (nSPS) is 26.4. The molecule has 0 heterocycles. The van der Waals surface area contributed by atoms with Crippen molar-refractivity contribution in [2.24, 2.45) is 5.41 Å². The van der Waals surface area contributed by atoms with Gasteiger partial charge in [0.05, 0.1) is 18.8 Å². The minimum absolute atomic E-state index is 0.212. The zero-order chi connectivity index (χ0) is 10.8. The maximum atomic E-state index is 9.65. The molecule has 2 heteroatoms. The third-order valence-corrected chi connectivity index (χ3v) is 2.50. The molecule has 1 atom stereocenters. The molecule has 0 amide bonds. The Labute approximate surface area is 87.0 Å². The number of hydrogen-bond donors (Lipinski definition) is 1. The SMILES string of the molecule is CC(C)OCC1=CC(O)CC(C)(C)C1. The van der Waals surface area contributed by atoms with Crippen molar-refractivity contribution >= 4 is 0 Å². The molecular formula is C12H22O2. The Bertz CT molecular complexity index is 216. The first-order chi connectivity index (χ1) is 6.39. The number of aliphatic hydroxyl groups excluding tert-OH is 1. The Morgan fingerprint density at radius 2 is 2.21 bits per heavy atom. The summed E-state index contributed by atoms with van der Waals surface area (Å²) >= 11 is 0. The zero-order valence-corrected chi connectivity index (χ0v) is 9.71. The molecule has 82 valence electrons. The lowest BCUT2D eigenvalue weighted by Gasteiger charge is -2.32. The summed E-state index contributed by atoms with van der Waals surface area (Å²) in [4.78, 5) is 0. The topological polar surface area (TPSA) is 29.5 Å². The van der Waals surface area contributed by atoms with Gasteiger partial charge in [-0.3, -0.25) is 0 Å². The van der Waals surface area contributed by atoms with Crippen LogP contribution in [0.2, 0.25) is 0 Å². The molecule has 0 saturated heterocycles. The number of hydrogen-bond acceptors (Lipinski definition) is 2. The largest absolute Gasteiger partial charge is 0.389 e. The van der Waals surface area contributed by atoms with Crippen LogP contribution in [0.4, 0.5) is 0 Å². The fourth-order valence-corrected chi connectivity index (χ4v) is 2.02. The van der Waals surface area contributed by atoms with Crippen LogP contribution < -0.4 is 0 Å². The van der Waals surface area contributed by atoms with E-state index in [1.54, 1.807) is 0 Å². The van der Waals surface area contributed by atoms with Crippen molar-refractivity contribution in [3.63, 3.8) is 0 Å². The Hall–Kier alpha value is -0.340. The average Bonchev–Trinajstić information content (AvgIpc) is 1.96. The molecule has 0 aromatic rings. The maximum Gasteiger partial charge on any atom is 0.0729 e. The van der Waals surface area contributed by atoms with Gasteiger partial charge in [-0.1, -0.05) is 19.9 Å². The fraction of sp³-hybridized carbons (Fsp3) is 0.833. The van der Waals surface area contributed by atoms with Crippen LogP contribution in [0.5, 0.6) is 0 Å². The second-order valence-electron chi connectivity index (χ2n) is 5.30. The quantitative estimate of drug-likeness (QED) is 0.706. The predicted molar refractivity (Wildman–Crippen MR) is 58.2 cm³/mol. The molecule has 0 aliphatic heterocycles. The third-order valence-electron chi connectivity index (χ3n) is 2.50. The molecule has 1 N–H and O–H groups in total. The highest BCUT2D eigenvalue weighted by Gasteiger charge is 2.27. The lowest BCUT2D eigenvalue weighted by Crippen LogP contribution is -2.26. The molecule has 0 fully saturated rings. The Balaban J connectivity index is 2.52. The van der Waals surface area contributed by atoms with E-state index in [-0.39, 0.29) is 17.6 Å². The van der Waals surface area contributed by atoms with Gasteiger partial charge in [-0.2, -0.15) is 0 Å². The van der Waals surface area contributed by atoms with Gasteiger partial charge < -0.3 is 9.84 Å². The van der Waals surface area contributed by atoms with Gasteiger partial charge >= 0.3 is 0 Å². The van der Waals surface area contributed by atoms with Crippen molar-refractivity contribution in [3.8, 4) is 0 Å². The van der Waals surface area contributed by atoms with Crippen LogP contribution >= 0.6 is 0 Å². The molecule has 14 heavy (non-hydrogen) atoms. The molecule has 1 rings (SSSR count). The molecule has 0 bridgehead atoms. The minimum Gasteiger partial charge on any atom is -0.389 e. The van der Waals surface area contributed by atoms with Gasteiger partial charge in [0.25, 0.3) is 0 Å². The van der Waals surface area contributed by atoms with Crippen molar-refractivity contribution in [1.82, 2.24) is 0 Å². The van der Waals surface area contributed by atoms with Crippen LogP contribution in [0.1, 0.15) is 40.5 Å². The van der Waals surface area contributed by atoms with Crippen LogP contribution in [0, 0.1) is 5.41 Å². The summed E-state index contributed by atoms with van der Waals surface area (Å²) in [7, 11) is 0. The molecule has 0 aromatic heterocycles. The van der Waals surface area contributed by atoms with Gasteiger partial charge in [-0.15, -0.1) is 0 Å². The van der Waals surface area contributed by atoms with Crippen molar-refractivity contribution in [2.75, 3.05) is 6.61 Å². The van der Waals surface area contributed by atoms with Crippen LogP contribution in [0.15, 0.2) is 11.6 Å². The number of aliphatic hydroxyl groups is 1. The summed E-state index contributed by atoms with van der Waals surface area (Å²) < 4.78 is 5.54. The summed E-state index contributed by atoms with van der Waals surface area (Å²) in [6, 6.07) is 0. The van der Waals surface area contributed by atoms with Crippen LogP contribution in [-0.2, 0) is 4.74 Å². The van der Waals surface area contributed by atoms with E-state index in [4.69, 9.17) is 4.74 Å². The standard InChI is InChI=1S/C12H22O2/c1-9(2)14-8-10-5-11(13)7-12(3,4)6-10/h5,9,11,13H,6-8H2,1-4H3. The molecule has 1 aliphatic rings. The highest BCUT2D eigenvalue weighted by atomic mass is 16.5. The van der Waals surface area contributed by atoms with Crippen LogP contribution in [-0.4, -0.2) is 23.9 Å². The van der Waals surface area contributed by atoms with E-state index in [0.29, 0.717) is 6.61 Å². The first-order valence-corrected chi connectivity index (χ1v) is 5.38. The number of rotatable bonds is 3. The lowest BCUT2D eigenvalue weighted by molar-refractivity contribution is 0.0811. The van der Waals surface area contributed by atoms with Gasteiger partial charge in [0.15, 0.2) is 0 Å². The van der Waals surface area contributed by atoms with E-state index in [1.165, 1.54) is 5.57 Å². The first kappa shape index (κ1) is 11.7. The summed E-state index contributed by atoms with van der Waals surface area (Å²) in [5, 5.41) is 9.65. The van der Waals surface area contributed by atoms with Crippen molar-refractivity contribution < 1.29 is 9.84 Å². The molecule has 0 spiro atoms. The van der Waals surface area contributed by atoms with Crippen LogP contribution in [0.25, 0.3) is 0 Å². The van der Waals surface area contributed by atoms with Crippen molar-refractivity contribution in [2.45, 2.75) is 52.7 Å². The summed E-state index contributed by atoms with van der Waals surface area (Å²) in [6.07, 6.45) is 3.82. The average molecular weight is 198 g/mol. The van der Waals surface area contributed by atoms with E-state index < -0.39 is 0 Å². The van der Waals surface area contributed by atoms with Crippen molar-refractivity contribution in [1.29, 1.82) is 0 Å². The summed E-state index contributed by atoms with van der Waals surface area (Å²) in [6.45, 7) is 9.12. The Morgan fingerprint density at radius 1 is 1.57 bits per heavy atom. The van der Waals surface area contributed by atoms with Gasteiger partial charge in [0.2, 0.25) is 0 Å². The smallest absolute Gasteiger partial charge is 0.0729 e. The van der Waals surface area contributed by atoms with E-state index in [9.17, 15) is 5.11 Å². The lowest BCUT2D eigenvalue weighted by atomic mass is 9.76. The molecule has 2 nitrogen and oxygen atoms in total. The third kappa shape index (κ3) is 3.81. The monoisotopic (exact) mass is 198 g/mol. The molecular weight excluding hydrogens is 176 g/mol. The molecule has 0 aromatic carbocycles. The highest BCUT2D eigenvalue weighted by Crippen LogP contribution is 2.35. The number of ether oxygens (including phenoxy) is 1. The van der Waals surface area contributed by atoms with E-state index in [2.05, 4.69) is 13.8 Å². The van der Waals surface area contributed by atoms with Crippen molar-refractivity contribution in [3.05, 3.63) is 11.6 Å². The molecule has 1 aliphatic carbocycles. The van der Waals surface area contributed by atoms with Gasteiger partial charge in [0.1, 0.15) is 0 Å². The van der Waals surface area contributed by atoms with Crippen LogP contribution in [0.3, 0.4) is 0 Å². The van der Waals surface area contributed by atoms with E-state index in [0.717, 1.165) is 12.8 Å². The summed E-state index contributed by atoms with van der Waals surface area (Å²) in [5.74, 6) is 0. The molecule has 0 radical (unpaired) electrons. The van der Waals surface area contributed by atoms with E-state index in [1.807, 2.05) is 19.9 Å². The molecule has 0 saturated carbocycles. The first-order valence-electron chi connectivity index (χ1n) is 5.38. The molecule has 1 unspecified atom stereocenters. The Kier molecular flexibility index (Phi) is 3.73. The zero-order valence-electron chi connectivity index (χ0n) is 9.71. The second-order valence-corrected chi connectivity index (χ2v) is 5.30. The summed E-state index contributed by atoms with van der Waals surface area (Å²) in [5.41, 5.74) is 1.45. The van der Waals surface area contributed by atoms with Gasteiger partial charge in [-0.05, 0) is 37.7 Å². The Morgan fingerprint density at radius 3 is 2.71 bits per heavy atom. The van der Waals surface area contributed by atoms with E-state index >= 15 is 0 Å². The van der Waals surface area contributed by atoms with Gasteiger partial charge in [-0.25, -0.2) is 0 Å².